The van der Waals surface area contributed by atoms with E-state index >= 15 is 0 Å². The van der Waals surface area contributed by atoms with E-state index in [0.29, 0.717) is 24.5 Å². The molecular weight excluding hydrogens is 206 g/mol. The van der Waals surface area contributed by atoms with Crippen molar-refractivity contribution in [2.45, 2.75) is 26.3 Å². The molecule has 1 aliphatic heterocycles. The molecule has 1 aromatic heterocycles. The Bertz CT molecular complexity index is 392. The molecule has 1 aromatic rings. The van der Waals surface area contributed by atoms with Gasteiger partial charge in [0.25, 0.3) is 5.91 Å². The lowest BCUT2D eigenvalue weighted by molar-refractivity contribution is -0.0774. The maximum absolute atomic E-state index is 12.1. The molecule has 0 radical (unpaired) electrons. The fourth-order valence-electron chi connectivity index (χ4n) is 1.83. The van der Waals surface area contributed by atoms with Gasteiger partial charge in [-0.1, -0.05) is 0 Å². The second-order valence-electron chi connectivity index (χ2n) is 4.25. The Morgan fingerprint density at radius 1 is 1.56 bits per heavy atom. The molecule has 2 rings (SSSR count). The Kier molecular flexibility index (Phi) is 2.87. The largest absolute Gasteiger partial charge is 0.397 e. The zero-order valence-electron chi connectivity index (χ0n) is 9.64. The van der Waals surface area contributed by atoms with Crippen LogP contribution in [-0.2, 0) is 4.84 Å². The van der Waals surface area contributed by atoms with Crippen molar-refractivity contribution in [3.05, 3.63) is 18.0 Å². The molecule has 2 heterocycles. The summed E-state index contributed by atoms with van der Waals surface area (Å²) in [4.78, 5) is 17.4. The van der Waals surface area contributed by atoms with Crippen LogP contribution in [0, 0.1) is 0 Å². The number of amides is 1. The van der Waals surface area contributed by atoms with Gasteiger partial charge in [-0.15, -0.1) is 0 Å². The van der Waals surface area contributed by atoms with Crippen LogP contribution in [0.3, 0.4) is 0 Å². The molecule has 16 heavy (non-hydrogen) atoms. The van der Waals surface area contributed by atoms with Crippen LogP contribution < -0.4 is 5.73 Å². The molecule has 0 atom stereocenters. The van der Waals surface area contributed by atoms with Crippen molar-refractivity contribution >= 4 is 11.6 Å². The van der Waals surface area contributed by atoms with Gasteiger partial charge in [0, 0.05) is 12.2 Å². The number of carbonyl (C=O) groups is 1. The van der Waals surface area contributed by atoms with Gasteiger partial charge < -0.3 is 10.3 Å². The number of hydrogen-bond acceptors (Lipinski definition) is 3. The van der Waals surface area contributed by atoms with Gasteiger partial charge in [-0.25, -0.2) is 5.06 Å². The number of nitrogens with two attached hydrogens (primary N) is 1. The first kappa shape index (κ1) is 11.0. The van der Waals surface area contributed by atoms with Crippen molar-refractivity contribution in [1.82, 2.24) is 9.63 Å². The first-order chi connectivity index (χ1) is 7.59. The van der Waals surface area contributed by atoms with Crippen LogP contribution in [0.4, 0.5) is 5.69 Å². The summed E-state index contributed by atoms with van der Waals surface area (Å²) < 4.78 is 1.87. The summed E-state index contributed by atoms with van der Waals surface area (Å²) in [6, 6.07) is 1.91. The highest BCUT2D eigenvalue weighted by atomic mass is 16.7. The lowest BCUT2D eigenvalue weighted by Gasteiger charge is -2.17. The SMILES string of the molecule is CC(C)n1cc(N)cc1C(=O)N1CCCO1. The molecule has 0 saturated carbocycles. The predicted octanol–water partition coefficient (Wildman–Crippen LogP) is 1.43. The minimum atomic E-state index is -0.108. The number of hydroxylamine groups is 2. The number of nitrogens with zero attached hydrogens (tertiary/aromatic N) is 2. The summed E-state index contributed by atoms with van der Waals surface area (Å²) in [6.07, 6.45) is 2.68. The number of anilines is 1. The zero-order valence-corrected chi connectivity index (χ0v) is 9.64. The van der Waals surface area contributed by atoms with Crippen molar-refractivity contribution in [1.29, 1.82) is 0 Å². The van der Waals surface area contributed by atoms with Gasteiger partial charge in [0.1, 0.15) is 5.69 Å². The summed E-state index contributed by atoms with van der Waals surface area (Å²) in [6.45, 7) is 5.30. The first-order valence-electron chi connectivity index (χ1n) is 5.51. The van der Waals surface area contributed by atoms with Crippen LogP contribution in [0.5, 0.6) is 0 Å². The molecule has 1 fully saturated rings. The van der Waals surface area contributed by atoms with E-state index in [1.165, 1.54) is 5.06 Å². The lowest BCUT2D eigenvalue weighted by atomic mass is 10.3. The summed E-state index contributed by atoms with van der Waals surface area (Å²) in [7, 11) is 0. The Labute approximate surface area is 94.7 Å². The molecule has 2 N–H and O–H groups in total. The second-order valence-corrected chi connectivity index (χ2v) is 4.25. The Hall–Kier alpha value is -1.49. The number of carbonyl (C=O) groups excluding carboxylic acids is 1. The van der Waals surface area contributed by atoms with Crippen molar-refractivity contribution in [3.8, 4) is 0 Å². The standard InChI is InChI=1S/C11H17N3O2/c1-8(2)13-7-9(12)6-10(13)11(15)14-4-3-5-16-14/h6-8H,3-5,12H2,1-2H3. The maximum atomic E-state index is 12.1. The van der Waals surface area contributed by atoms with E-state index in [1.54, 1.807) is 12.3 Å². The third-order valence-electron chi connectivity index (χ3n) is 2.62. The Balaban J connectivity index is 2.28. The van der Waals surface area contributed by atoms with Gasteiger partial charge in [0.05, 0.1) is 18.8 Å². The number of hydrogen-bond donors (Lipinski definition) is 1. The number of rotatable bonds is 2. The summed E-state index contributed by atoms with van der Waals surface area (Å²) in [5.41, 5.74) is 6.92. The fraction of sp³-hybridized carbons (Fsp3) is 0.545. The van der Waals surface area contributed by atoms with Gasteiger partial charge in [0.15, 0.2) is 0 Å². The average molecular weight is 223 g/mol. The van der Waals surface area contributed by atoms with E-state index in [4.69, 9.17) is 10.6 Å². The van der Waals surface area contributed by atoms with E-state index in [0.717, 1.165) is 6.42 Å². The zero-order chi connectivity index (χ0) is 11.7. The lowest BCUT2D eigenvalue weighted by Crippen LogP contribution is -2.28. The molecule has 1 amide bonds. The molecule has 1 saturated heterocycles. The molecule has 0 spiro atoms. The average Bonchev–Trinajstić information content (AvgIpc) is 2.84. The molecule has 0 unspecified atom stereocenters. The van der Waals surface area contributed by atoms with Gasteiger partial charge in [0.2, 0.25) is 0 Å². The highest BCUT2D eigenvalue weighted by Crippen LogP contribution is 2.19. The van der Waals surface area contributed by atoms with E-state index in [-0.39, 0.29) is 11.9 Å². The van der Waals surface area contributed by atoms with Crippen LogP contribution >= 0.6 is 0 Å². The van der Waals surface area contributed by atoms with Gasteiger partial charge >= 0.3 is 0 Å². The van der Waals surface area contributed by atoms with Gasteiger partial charge in [-0.05, 0) is 26.3 Å². The van der Waals surface area contributed by atoms with E-state index < -0.39 is 0 Å². The topological polar surface area (TPSA) is 60.5 Å². The summed E-state index contributed by atoms with van der Waals surface area (Å²) in [5.74, 6) is -0.108. The van der Waals surface area contributed by atoms with Crippen molar-refractivity contribution in [2.24, 2.45) is 0 Å². The highest BCUT2D eigenvalue weighted by Gasteiger charge is 2.24. The number of nitrogen functional groups attached to an aromatic ring is 1. The van der Waals surface area contributed by atoms with Crippen molar-refractivity contribution < 1.29 is 9.63 Å². The van der Waals surface area contributed by atoms with Crippen LogP contribution in [0.25, 0.3) is 0 Å². The van der Waals surface area contributed by atoms with E-state index in [2.05, 4.69) is 0 Å². The van der Waals surface area contributed by atoms with Crippen molar-refractivity contribution in [2.75, 3.05) is 18.9 Å². The summed E-state index contributed by atoms with van der Waals surface area (Å²) in [5, 5.41) is 1.41. The minimum Gasteiger partial charge on any atom is -0.397 e. The molecule has 5 heteroatoms. The van der Waals surface area contributed by atoms with Crippen LogP contribution in [0.1, 0.15) is 36.8 Å². The van der Waals surface area contributed by atoms with E-state index in [1.807, 2.05) is 18.4 Å². The Morgan fingerprint density at radius 3 is 2.88 bits per heavy atom. The monoisotopic (exact) mass is 223 g/mol. The quantitative estimate of drug-likeness (QED) is 0.825. The molecule has 0 aliphatic carbocycles. The third kappa shape index (κ3) is 1.90. The molecular formula is C11H17N3O2. The number of aromatic nitrogens is 1. The van der Waals surface area contributed by atoms with Crippen LogP contribution in [0.2, 0.25) is 0 Å². The smallest absolute Gasteiger partial charge is 0.294 e. The minimum absolute atomic E-state index is 0.108. The van der Waals surface area contributed by atoms with Gasteiger partial charge in [-0.3, -0.25) is 9.63 Å². The molecule has 5 nitrogen and oxygen atoms in total. The summed E-state index contributed by atoms with van der Waals surface area (Å²) >= 11 is 0. The normalized spacial score (nSPS) is 16.1. The van der Waals surface area contributed by atoms with E-state index in [9.17, 15) is 4.79 Å². The van der Waals surface area contributed by atoms with Crippen molar-refractivity contribution in [3.63, 3.8) is 0 Å². The highest BCUT2D eigenvalue weighted by molar-refractivity contribution is 5.93. The predicted molar refractivity (Wildman–Crippen MR) is 60.8 cm³/mol. The van der Waals surface area contributed by atoms with Gasteiger partial charge in [-0.2, -0.15) is 0 Å². The molecule has 1 aliphatic rings. The molecule has 0 aromatic carbocycles. The first-order valence-corrected chi connectivity index (χ1v) is 5.51. The third-order valence-corrected chi connectivity index (χ3v) is 2.62. The fourth-order valence-corrected chi connectivity index (χ4v) is 1.83. The van der Waals surface area contributed by atoms with Crippen LogP contribution in [0.15, 0.2) is 12.3 Å². The maximum Gasteiger partial charge on any atom is 0.294 e. The Morgan fingerprint density at radius 2 is 2.31 bits per heavy atom. The second kappa shape index (κ2) is 4.17. The molecule has 88 valence electrons. The van der Waals surface area contributed by atoms with Crippen LogP contribution in [-0.4, -0.2) is 28.7 Å². The molecule has 0 bridgehead atoms.